The largest absolute Gasteiger partial charge is 0.307 e. The summed E-state index contributed by atoms with van der Waals surface area (Å²) in [7, 11) is 0. The van der Waals surface area contributed by atoms with Crippen LogP contribution in [0, 0.1) is 11.3 Å². The number of hydrogen-bond donors (Lipinski definition) is 0. The molecule has 3 heteroatoms. The number of hydrogen-bond acceptors (Lipinski definition) is 1. The molecule has 0 saturated heterocycles. The van der Waals surface area contributed by atoms with Crippen molar-refractivity contribution >= 4 is 38.8 Å². The molecule has 0 amide bonds. The minimum atomic E-state index is 0.654. The van der Waals surface area contributed by atoms with E-state index in [4.69, 9.17) is 0 Å². The Balaban J connectivity index is 1.65. The topological polar surface area (TPSA) is 33.6 Å². The molecule has 160 valence electrons. The van der Waals surface area contributed by atoms with Crippen molar-refractivity contribution < 1.29 is 0 Å². The highest BCUT2D eigenvalue weighted by atomic mass is 15.1. The number of nitrogens with zero attached hydrogens (tertiary/aromatic N) is 3. The van der Waals surface area contributed by atoms with Crippen molar-refractivity contribution in [2.45, 2.75) is 12.8 Å². The van der Waals surface area contributed by atoms with Gasteiger partial charge in [-0.15, -0.1) is 0 Å². The molecule has 2 heterocycles. The van der Waals surface area contributed by atoms with E-state index in [1.54, 1.807) is 0 Å². The highest BCUT2D eigenvalue weighted by Gasteiger charge is 2.22. The molecule has 7 rings (SSSR count). The summed E-state index contributed by atoms with van der Waals surface area (Å²) in [6, 6.07) is 34.1. The Hall–Kier alpha value is -4.55. The second kappa shape index (κ2) is 7.23. The summed E-state index contributed by atoms with van der Waals surface area (Å²) in [5, 5.41) is 13.5. The van der Waals surface area contributed by atoms with Crippen LogP contribution in [0.2, 0.25) is 0 Å². The van der Waals surface area contributed by atoms with Gasteiger partial charge in [-0.2, -0.15) is 5.26 Å². The second-order valence-electron chi connectivity index (χ2n) is 8.84. The predicted octanol–water partition coefficient (Wildman–Crippen LogP) is 7.56. The van der Waals surface area contributed by atoms with Gasteiger partial charge in [-0.1, -0.05) is 60.7 Å². The predicted molar refractivity (Wildman–Crippen MR) is 140 cm³/mol. The number of fused-ring (bicyclic) bond motifs is 6. The molecule has 6 aromatic rings. The van der Waals surface area contributed by atoms with Crippen molar-refractivity contribution in [1.29, 1.82) is 5.26 Å². The third kappa shape index (κ3) is 2.57. The fourth-order valence-corrected chi connectivity index (χ4v) is 5.59. The lowest BCUT2D eigenvalue weighted by molar-refractivity contribution is 0.962. The molecular weight excluding hydrogens is 414 g/mol. The van der Waals surface area contributed by atoms with E-state index in [9.17, 15) is 5.26 Å². The number of allylic oxidation sites excluding steroid dienone is 1. The number of benzene rings is 4. The van der Waals surface area contributed by atoms with Crippen molar-refractivity contribution in [3.63, 3.8) is 0 Å². The maximum absolute atomic E-state index is 9.79. The van der Waals surface area contributed by atoms with Crippen LogP contribution >= 0.6 is 0 Å². The molecule has 0 bridgehead atoms. The van der Waals surface area contributed by atoms with Crippen LogP contribution in [0.15, 0.2) is 97.1 Å². The Labute approximate surface area is 197 Å². The van der Waals surface area contributed by atoms with E-state index in [-0.39, 0.29) is 0 Å². The number of rotatable bonds is 2. The Morgan fingerprint density at radius 3 is 1.94 bits per heavy atom. The van der Waals surface area contributed by atoms with E-state index in [0.717, 1.165) is 35.2 Å². The summed E-state index contributed by atoms with van der Waals surface area (Å²) in [5.41, 5.74) is 8.86. The molecular formula is C31H21N3. The van der Waals surface area contributed by atoms with E-state index >= 15 is 0 Å². The maximum Gasteiger partial charge on any atom is 0.0992 e. The highest BCUT2D eigenvalue weighted by Crippen LogP contribution is 2.38. The first-order chi connectivity index (χ1) is 16.8. The van der Waals surface area contributed by atoms with Gasteiger partial charge in [0, 0.05) is 21.9 Å². The molecule has 0 unspecified atom stereocenters. The zero-order valence-electron chi connectivity index (χ0n) is 18.6. The Morgan fingerprint density at radius 1 is 0.647 bits per heavy atom. The quantitative estimate of drug-likeness (QED) is 0.276. The summed E-state index contributed by atoms with van der Waals surface area (Å²) in [6.07, 6.45) is 6.63. The van der Waals surface area contributed by atoms with E-state index < -0.39 is 0 Å². The van der Waals surface area contributed by atoms with E-state index in [1.165, 1.54) is 32.9 Å². The minimum Gasteiger partial charge on any atom is -0.307 e. The number of nitriles is 1. The molecule has 0 saturated carbocycles. The zero-order valence-corrected chi connectivity index (χ0v) is 18.6. The Bertz CT molecular complexity index is 1770. The molecule has 0 spiro atoms. The summed E-state index contributed by atoms with van der Waals surface area (Å²) >= 11 is 0. The first-order valence-electron chi connectivity index (χ1n) is 11.7. The smallest absolute Gasteiger partial charge is 0.0992 e. The van der Waals surface area contributed by atoms with Crippen molar-refractivity contribution in [2.24, 2.45) is 0 Å². The molecule has 0 N–H and O–H groups in total. The first kappa shape index (κ1) is 19.0. The zero-order chi connectivity index (χ0) is 22.6. The van der Waals surface area contributed by atoms with Crippen LogP contribution in [0.25, 0.3) is 50.2 Å². The van der Waals surface area contributed by atoms with Gasteiger partial charge in [0.25, 0.3) is 0 Å². The summed E-state index contributed by atoms with van der Waals surface area (Å²) in [5.74, 6) is 0. The summed E-state index contributed by atoms with van der Waals surface area (Å²) < 4.78 is 4.69. The third-order valence-electron chi connectivity index (χ3n) is 7.02. The van der Waals surface area contributed by atoms with Gasteiger partial charge in [-0.05, 0) is 60.9 Å². The number of aromatic nitrogens is 2. The molecule has 4 aromatic carbocycles. The molecule has 34 heavy (non-hydrogen) atoms. The molecule has 1 aliphatic carbocycles. The van der Waals surface area contributed by atoms with E-state index in [1.807, 2.05) is 12.1 Å². The molecule has 2 aromatic heterocycles. The van der Waals surface area contributed by atoms with Crippen molar-refractivity contribution in [3.8, 4) is 17.4 Å². The Kier molecular flexibility index (Phi) is 4.03. The first-order valence-corrected chi connectivity index (χ1v) is 11.7. The monoisotopic (exact) mass is 435 g/mol. The summed E-state index contributed by atoms with van der Waals surface area (Å²) in [6.45, 7) is 0. The highest BCUT2D eigenvalue weighted by molar-refractivity contribution is 6.09. The fourth-order valence-electron chi connectivity index (χ4n) is 5.59. The average molecular weight is 436 g/mol. The average Bonchev–Trinajstić information content (AvgIpc) is 3.41. The van der Waals surface area contributed by atoms with Crippen LogP contribution in [0.3, 0.4) is 0 Å². The van der Waals surface area contributed by atoms with Crippen LogP contribution in [0.4, 0.5) is 0 Å². The van der Waals surface area contributed by atoms with Crippen LogP contribution in [0.1, 0.15) is 23.2 Å². The number of aryl methyl sites for hydroxylation is 1. The van der Waals surface area contributed by atoms with E-state index in [0.29, 0.717) is 5.56 Å². The van der Waals surface area contributed by atoms with Gasteiger partial charge in [0.05, 0.1) is 39.6 Å². The van der Waals surface area contributed by atoms with Gasteiger partial charge >= 0.3 is 0 Å². The van der Waals surface area contributed by atoms with Crippen LogP contribution < -0.4 is 0 Å². The molecule has 0 fully saturated rings. The van der Waals surface area contributed by atoms with Gasteiger partial charge in [0.2, 0.25) is 0 Å². The SMILES string of the molecule is N#Cc1ccc(-n2c3c(c4ccccc42)CCC=C3)c(-n2c3ccccc3c3ccccc32)c1. The number of para-hydroxylation sites is 3. The standard InChI is InChI=1S/C31H21N3/c32-20-21-17-18-30(33-26-13-5-1-9-22(26)23-10-2-6-14-27(23)33)31(19-21)34-28-15-7-3-11-24(28)25-12-4-8-16-29(25)34/h1,3-9,11-19H,2,10H2. The lowest BCUT2D eigenvalue weighted by Gasteiger charge is -2.18. The minimum absolute atomic E-state index is 0.654. The van der Waals surface area contributed by atoms with Gasteiger partial charge in [-0.3, -0.25) is 0 Å². The van der Waals surface area contributed by atoms with Gasteiger partial charge < -0.3 is 9.13 Å². The fraction of sp³-hybridized carbons (Fsp3) is 0.0645. The molecule has 0 aliphatic heterocycles. The van der Waals surface area contributed by atoms with E-state index in [2.05, 4.69) is 106 Å². The van der Waals surface area contributed by atoms with Gasteiger partial charge in [0.15, 0.2) is 0 Å². The Morgan fingerprint density at radius 2 is 1.26 bits per heavy atom. The normalized spacial score (nSPS) is 12.9. The van der Waals surface area contributed by atoms with Crippen LogP contribution in [-0.4, -0.2) is 9.13 Å². The molecule has 3 nitrogen and oxygen atoms in total. The lowest BCUT2D eigenvalue weighted by Crippen LogP contribution is -2.06. The second-order valence-corrected chi connectivity index (χ2v) is 8.84. The van der Waals surface area contributed by atoms with Crippen LogP contribution in [-0.2, 0) is 6.42 Å². The van der Waals surface area contributed by atoms with Crippen molar-refractivity contribution in [2.75, 3.05) is 0 Å². The third-order valence-corrected chi connectivity index (χ3v) is 7.02. The summed E-state index contributed by atoms with van der Waals surface area (Å²) in [4.78, 5) is 0. The molecule has 1 aliphatic rings. The maximum atomic E-state index is 9.79. The van der Waals surface area contributed by atoms with Gasteiger partial charge in [-0.25, -0.2) is 0 Å². The van der Waals surface area contributed by atoms with Gasteiger partial charge in [0.1, 0.15) is 0 Å². The lowest BCUT2D eigenvalue weighted by atomic mass is 10.0. The molecule has 0 atom stereocenters. The van der Waals surface area contributed by atoms with Crippen molar-refractivity contribution in [1.82, 2.24) is 9.13 Å². The molecule has 0 radical (unpaired) electrons. The van der Waals surface area contributed by atoms with Crippen LogP contribution in [0.5, 0.6) is 0 Å². The van der Waals surface area contributed by atoms with Crippen molar-refractivity contribution in [3.05, 3.63) is 114 Å².